The van der Waals surface area contributed by atoms with Gasteiger partial charge in [-0.25, -0.2) is 4.79 Å². The molecule has 2 aromatic rings. The van der Waals surface area contributed by atoms with Gasteiger partial charge in [0.15, 0.2) is 0 Å². The van der Waals surface area contributed by atoms with Crippen LogP contribution in [0.1, 0.15) is 35.4 Å². The van der Waals surface area contributed by atoms with Gasteiger partial charge in [-0.05, 0) is 32.3 Å². The summed E-state index contributed by atoms with van der Waals surface area (Å²) in [6.07, 6.45) is 1.82. The molecule has 3 rings (SSSR count). The molecule has 1 aliphatic rings. The fraction of sp³-hybridized carbons (Fsp3) is 0.474. The van der Waals surface area contributed by atoms with Gasteiger partial charge in [0.2, 0.25) is 0 Å². The molecular formula is C19H26N4O2. The summed E-state index contributed by atoms with van der Waals surface area (Å²) in [6.45, 7) is 5.93. The van der Waals surface area contributed by atoms with Crippen LogP contribution in [0, 0.1) is 13.8 Å². The number of aliphatic hydroxyl groups is 1. The number of hydrogen-bond donors (Lipinski definition) is 2. The summed E-state index contributed by atoms with van der Waals surface area (Å²) in [5.74, 6) is 0. The van der Waals surface area contributed by atoms with Gasteiger partial charge in [0.05, 0.1) is 24.9 Å². The lowest BCUT2D eigenvalue weighted by atomic mass is 10.2. The fourth-order valence-electron chi connectivity index (χ4n) is 3.46. The number of amides is 2. The zero-order valence-electron chi connectivity index (χ0n) is 14.9. The van der Waals surface area contributed by atoms with E-state index < -0.39 is 0 Å². The highest BCUT2D eigenvalue weighted by atomic mass is 16.3. The standard InChI is InChI=1S/C19H26N4O2/c1-14-18(11-20-19(25)22-10-6-9-17(22)13-24)15(2)23(21-14)12-16-7-4-3-5-8-16/h3-5,7-8,17,24H,6,9-13H2,1-2H3,(H,20,25). The smallest absolute Gasteiger partial charge is 0.317 e. The molecule has 0 radical (unpaired) electrons. The Hall–Kier alpha value is -2.34. The largest absolute Gasteiger partial charge is 0.394 e. The fourth-order valence-corrected chi connectivity index (χ4v) is 3.46. The highest BCUT2D eigenvalue weighted by Gasteiger charge is 2.28. The summed E-state index contributed by atoms with van der Waals surface area (Å²) in [7, 11) is 0. The van der Waals surface area contributed by atoms with Crippen LogP contribution in [0.3, 0.4) is 0 Å². The minimum Gasteiger partial charge on any atom is -0.394 e. The topological polar surface area (TPSA) is 70.4 Å². The second kappa shape index (κ2) is 7.70. The Morgan fingerprint density at radius 2 is 2.08 bits per heavy atom. The number of rotatable bonds is 5. The van der Waals surface area contributed by atoms with Crippen LogP contribution in [0.2, 0.25) is 0 Å². The van der Waals surface area contributed by atoms with Gasteiger partial charge in [0.1, 0.15) is 0 Å². The van der Waals surface area contributed by atoms with Crippen LogP contribution in [0.5, 0.6) is 0 Å². The van der Waals surface area contributed by atoms with E-state index in [4.69, 9.17) is 0 Å². The first kappa shape index (κ1) is 17.5. The zero-order valence-corrected chi connectivity index (χ0v) is 14.9. The van der Waals surface area contributed by atoms with Crippen molar-refractivity contribution in [2.24, 2.45) is 0 Å². The predicted octanol–water partition coefficient (Wildman–Crippen LogP) is 2.21. The number of aliphatic hydroxyl groups excluding tert-OH is 1. The van der Waals surface area contributed by atoms with E-state index in [1.807, 2.05) is 36.7 Å². The summed E-state index contributed by atoms with van der Waals surface area (Å²) in [4.78, 5) is 14.1. The van der Waals surface area contributed by atoms with E-state index in [9.17, 15) is 9.90 Å². The maximum absolute atomic E-state index is 12.4. The summed E-state index contributed by atoms with van der Waals surface area (Å²) in [5.41, 5.74) is 4.27. The molecule has 1 aromatic heterocycles. The second-order valence-electron chi connectivity index (χ2n) is 6.62. The normalized spacial score (nSPS) is 17.1. The highest BCUT2D eigenvalue weighted by Crippen LogP contribution is 2.18. The number of nitrogens with zero attached hydrogens (tertiary/aromatic N) is 3. The molecule has 2 heterocycles. The van der Waals surface area contributed by atoms with Gasteiger partial charge in [-0.1, -0.05) is 30.3 Å². The lowest BCUT2D eigenvalue weighted by Gasteiger charge is -2.23. The van der Waals surface area contributed by atoms with Gasteiger partial charge in [0.25, 0.3) is 0 Å². The Morgan fingerprint density at radius 3 is 2.80 bits per heavy atom. The van der Waals surface area contributed by atoms with Gasteiger partial charge in [-0.15, -0.1) is 0 Å². The van der Waals surface area contributed by atoms with Gasteiger partial charge in [0, 0.05) is 24.3 Å². The van der Waals surface area contributed by atoms with Crippen LogP contribution in [0.15, 0.2) is 30.3 Å². The summed E-state index contributed by atoms with van der Waals surface area (Å²) >= 11 is 0. The van der Waals surface area contributed by atoms with E-state index >= 15 is 0 Å². The average molecular weight is 342 g/mol. The third-order valence-corrected chi connectivity index (χ3v) is 4.97. The number of aryl methyl sites for hydroxylation is 1. The Kier molecular flexibility index (Phi) is 5.38. The highest BCUT2D eigenvalue weighted by molar-refractivity contribution is 5.75. The number of likely N-dealkylation sites (tertiary alicyclic amines) is 1. The third kappa shape index (κ3) is 3.85. The van der Waals surface area contributed by atoms with Crippen molar-refractivity contribution < 1.29 is 9.90 Å². The molecule has 6 heteroatoms. The molecule has 0 aliphatic carbocycles. The summed E-state index contributed by atoms with van der Waals surface area (Å²) < 4.78 is 1.98. The molecule has 6 nitrogen and oxygen atoms in total. The molecule has 25 heavy (non-hydrogen) atoms. The van der Waals surface area contributed by atoms with Crippen LogP contribution in [-0.4, -0.2) is 45.0 Å². The maximum atomic E-state index is 12.4. The Balaban J connectivity index is 1.66. The molecule has 1 atom stereocenters. The molecule has 0 bridgehead atoms. The monoisotopic (exact) mass is 342 g/mol. The van der Waals surface area contributed by atoms with Crippen molar-refractivity contribution in [2.75, 3.05) is 13.2 Å². The minimum absolute atomic E-state index is 0.0283. The molecule has 1 fully saturated rings. The first-order valence-electron chi connectivity index (χ1n) is 8.82. The number of nitrogens with one attached hydrogen (secondary N) is 1. The number of aromatic nitrogens is 2. The summed E-state index contributed by atoms with van der Waals surface area (Å²) in [6, 6.07) is 10.1. The van der Waals surface area contributed by atoms with Gasteiger partial charge in [-0.2, -0.15) is 5.10 Å². The molecule has 0 spiro atoms. The first-order valence-corrected chi connectivity index (χ1v) is 8.82. The van der Waals surface area contributed by atoms with Crippen LogP contribution >= 0.6 is 0 Å². The van der Waals surface area contributed by atoms with Crippen LogP contribution in [0.4, 0.5) is 4.79 Å². The van der Waals surface area contributed by atoms with Crippen LogP contribution in [-0.2, 0) is 13.1 Å². The van der Waals surface area contributed by atoms with Crippen LogP contribution in [0.25, 0.3) is 0 Å². The van der Waals surface area contributed by atoms with Crippen molar-refractivity contribution in [3.63, 3.8) is 0 Å². The van der Waals surface area contributed by atoms with Crippen molar-refractivity contribution in [1.82, 2.24) is 20.0 Å². The zero-order chi connectivity index (χ0) is 17.8. The van der Waals surface area contributed by atoms with E-state index in [0.29, 0.717) is 13.1 Å². The molecule has 2 N–H and O–H groups in total. The predicted molar refractivity (Wildman–Crippen MR) is 96.3 cm³/mol. The SMILES string of the molecule is Cc1nn(Cc2ccccc2)c(C)c1CNC(=O)N1CCCC1CO. The van der Waals surface area contributed by atoms with Crippen molar-refractivity contribution >= 4 is 6.03 Å². The Bertz CT molecular complexity index is 727. The molecule has 1 aromatic carbocycles. The molecular weight excluding hydrogens is 316 g/mol. The number of carbonyl (C=O) groups excluding carboxylic acids is 1. The minimum atomic E-state index is -0.105. The third-order valence-electron chi connectivity index (χ3n) is 4.97. The number of hydrogen-bond acceptors (Lipinski definition) is 3. The number of benzene rings is 1. The maximum Gasteiger partial charge on any atom is 0.317 e. The van der Waals surface area contributed by atoms with Gasteiger partial charge < -0.3 is 15.3 Å². The Morgan fingerprint density at radius 1 is 1.32 bits per heavy atom. The van der Waals surface area contributed by atoms with Crippen molar-refractivity contribution in [3.05, 3.63) is 52.8 Å². The molecule has 1 aliphatic heterocycles. The van der Waals surface area contributed by atoms with Gasteiger partial charge in [-0.3, -0.25) is 4.68 Å². The van der Waals surface area contributed by atoms with E-state index in [-0.39, 0.29) is 18.7 Å². The van der Waals surface area contributed by atoms with E-state index in [1.165, 1.54) is 5.56 Å². The molecule has 134 valence electrons. The van der Waals surface area contributed by atoms with E-state index in [1.54, 1.807) is 4.90 Å². The number of urea groups is 1. The second-order valence-corrected chi connectivity index (χ2v) is 6.62. The summed E-state index contributed by atoms with van der Waals surface area (Å²) in [5, 5.41) is 17.0. The van der Waals surface area contributed by atoms with Crippen LogP contribution < -0.4 is 5.32 Å². The molecule has 0 saturated carbocycles. The van der Waals surface area contributed by atoms with Crippen molar-refractivity contribution in [3.8, 4) is 0 Å². The van der Waals surface area contributed by atoms with E-state index in [2.05, 4.69) is 22.5 Å². The quantitative estimate of drug-likeness (QED) is 0.875. The first-order chi connectivity index (χ1) is 12.1. The lowest BCUT2D eigenvalue weighted by Crippen LogP contribution is -2.44. The van der Waals surface area contributed by atoms with E-state index in [0.717, 1.165) is 36.3 Å². The lowest BCUT2D eigenvalue weighted by molar-refractivity contribution is 0.157. The molecule has 1 saturated heterocycles. The van der Waals surface area contributed by atoms with Crippen molar-refractivity contribution in [2.45, 2.75) is 45.8 Å². The Labute approximate surface area is 148 Å². The number of carbonyl (C=O) groups is 1. The van der Waals surface area contributed by atoms with Crippen molar-refractivity contribution in [1.29, 1.82) is 0 Å². The molecule has 2 amide bonds. The molecule has 1 unspecified atom stereocenters. The van der Waals surface area contributed by atoms with Gasteiger partial charge >= 0.3 is 6.03 Å². The average Bonchev–Trinajstić information content (AvgIpc) is 3.19.